The molecule has 1 saturated heterocycles. The molecule has 2 bridgehead atoms. The van der Waals surface area contributed by atoms with E-state index >= 15 is 4.39 Å². The number of hydrogen-bond donors (Lipinski definition) is 2. The number of carbonyl (C=O) groups excluding carboxylic acids is 3. The molecule has 12 nitrogen and oxygen atoms in total. The second-order valence-electron chi connectivity index (χ2n) is 11.6. The minimum absolute atomic E-state index is 0.0181. The van der Waals surface area contributed by atoms with Crippen LogP contribution in [0.2, 0.25) is 0 Å². The van der Waals surface area contributed by atoms with Gasteiger partial charge in [0.05, 0.1) is 29.9 Å². The minimum atomic E-state index is -1.66. The highest BCUT2D eigenvalue weighted by Gasteiger charge is 2.57. The zero-order valence-corrected chi connectivity index (χ0v) is 23.6. The quantitative estimate of drug-likeness (QED) is 0.476. The van der Waals surface area contributed by atoms with Gasteiger partial charge in [0.2, 0.25) is 5.91 Å². The molecule has 0 aromatic carbocycles. The van der Waals surface area contributed by atoms with Crippen molar-refractivity contribution in [3.05, 3.63) is 40.7 Å². The summed E-state index contributed by atoms with van der Waals surface area (Å²) in [5.41, 5.74) is -0.0286. The molecular weight excluding hydrogens is 543 g/mol. The molecule has 2 aromatic rings. The van der Waals surface area contributed by atoms with E-state index in [0.29, 0.717) is 36.2 Å². The molecule has 0 unspecified atom stereocenters. The van der Waals surface area contributed by atoms with Crippen LogP contribution in [0.4, 0.5) is 26.5 Å². The number of likely N-dealkylation sites (N-methyl/N-ethyl adjacent to an activating group) is 1. The van der Waals surface area contributed by atoms with Crippen LogP contribution in [0.15, 0.2) is 18.3 Å². The van der Waals surface area contributed by atoms with Crippen molar-refractivity contribution in [1.29, 1.82) is 5.26 Å². The van der Waals surface area contributed by atoms with E-state index in [1.807, 2.05) is 11.9 Å². The fourth-order valence-corrected chi connectivity index (χ4v) is 6.50. The Bertz CT molecular complexity index is 1470. The van der Waals surface area contributed by atoms with Gasteiger partial charge in [0.1, 0.15) is 29.1 Å². The Morgan fingerprint density at radius 1 is 1.31 bits per heavy atom. The Labute approximate surface area is 242 Å². The Hall–Kier alpha value is -4.15. The Kier molecular flexibility index (Phi) is 7.28. The number of carbonyl (C=O) groups is 3. The zero-order chi connectivity index (χ0) is 29.6. The largest absolute Gasteiger partial charge is 0.379 e. The molecule has 0 radical (unpaired) electrons. The molecule has 7 rings (SSSR count). The summed E-state index contributed by atoms with van der Waals surface area (Å²) in [6.07, 6.45) is 5.01. The third-order valence-electron chi connectivity index (χ3n) is 8.87. The lowest BCUT2D eigenvalue weighted by Crippen LogP contribution is -2.60. The highest BCUT2D eigenvalue weighted by molar-refractivity contribution is 6.03. The number of nitriles is 1. The number of nitrogens with zero attached hydrogens (tertiary/aromatic N) is 6. The lowest BCUT2D eigenvalue weighted by Gasteiger charge is -2.52. The third kappa shape index (κ3) is 4.94. The van der Waals surface area contributed by atoms with Gasteiger partial charge in [0.25, 0.3) is 0 Å². The van der Waals surface area contributed by atoms with Crippen molar-refractivity contribution >= 4 is 35.5 Å². The van der Waals surface area contributed by atoms with Crippen molar-refractivity contribution in [2.24, 2.45) is 0 Å². The molecule has 3 aliphatic heterocycles. The summed E-state index contributed by atoms with van der Waals surface area (Å²) in [5, 5.41) is 15.8. The molecule has 0 spiro atoms. The maximum Gasteiger partial charge on any atom is 0.328 e. The van der Waals surface area contributed by atoms with Gasteiger partial charge in [-0.05, 0) is 32.4 Å². The van der Waals surface area contributed by atoms with Gasteiger partial charge in [-0.25, -0.2) is 19.2 Å². The molecule has 220 valence electrons. The van der Waals surface area contributed by atoms with Crippen LogP contribution in [-0.4, -0.2) is 90.0 Å². The van der Waals surface area contributed by atoms with Gasteiger partial charge >= 0.3 is 6.03 Å². The third-order valence-corrected chi connectivity index (χ3v) is 8.87. The molecule has 2 N–H and O–H groups in total. The monoisotopic (exact) mass is 576 g/mol. The molecule has 3 amide bonds. The average Bonchev–Trinajstić information content (AvgIpc) is 3.41. The summed E-state index contributed by atoms with van der Waals surface area (Å²) in [7, 11) is 3.53. The molecule has 2 aromatic heterocycles. The topological polar surface area (TPSA) is 144 Å². The highest BCUT2D eigenvalue weighted by atomic mass is 19.1. The van der Waals surface area contributed by atoms with E-state index in [9.17, 15) is 19.6 Å². The highest BCUT2D eigenvalue weighted by Crippen LogP contribution is 2.56. The predicted molar refractivity (Wildman–Crippen MR) is 151 cm³/mol. The Balaban J connectivity index is 1.26. The fourth-order valence-electron chi connectivity index (χ4n) is 6.50. The van der Waals surface area contributed by atoms with Crippen LogP contribution in [0.25, 0.3) is 0 Å². The normalized spacial score (nSPS) is 26.7. The summed E-state index contributed by atoms with van der Waals surface area (Å²) in [6.45, 7) is 1.59. The number of halogens is 1. The SMILES string of the molecule is CO[C@H]1CCC[C@H]1Nc1cc(NC(=O)N2c3nc(C=O)c(CN4CCN(C)CC4=O)cc3C3(F)CC2C3)ncc1C#N. The molecule has 5 aliphatic rings. The van der Waals surface area contributed by atoms with Crippen molar-refractivity contribution in [2.45, 2.75) is 62.5 Å². The fraction of sp³-hybridized carbons (Fsp3) is 0.517. The first kappa shape index (κ1) is 28.0. The van der Waals surface area contributed by atoms with Gasteiger partial charge < -0.3 is 15.0 Å². The summed E-state index contributed by atoms with van der Waals surface area (Å²) in [6, 6.07) is 4.35. The van der Waals surface area contributed by atoms with Gasteiger partial charge in [-0.2, -0.15) is 5.26 Å². The number of alkyl halides is 1. The average molecular weight is 577 g/mol. The van der Waals surface area contributed by atoms with Crippen LogP contribution in [0.5, 0.6) is 0 Å². The van der Waals surface area contributed by atoms with Crippen molar-refractivity contribution in [2.75, 3.05) is 49.3 Å². The molecule has 3 fully saturated rings. The molecule has 2 saturated carbocycles. The lowest BCUT2D eigenvalue weighted by molar-refractivity contribution is -0.136. The number of amides is 3. The maximum absolute atomic E-state index is 15.9. The number of piperazine rings is 1. The molecule has 13 heteroatoms. The number of ether oxygens (including phenoxy) is 1. The number of rotatable bonds is 7. The number of urea groups is 1. The molecular formula is C29H33FN8O4. The van der Waals surface area contributed by atoms with Gasteiger partial charge in [0, 0.05) is 69.0 Å². The molecule has 2 atom stereocenters. The Morgan fingerprint density at radius 3 is 2.83 bits per heavy atom. The van der Waals surface area contributed by atoms with Crippen molar-refractivity contribution in [3.63, 3.8) is 0 Å². The van der Waals surface area contributed by atoms with Crippen molar-refractivity contribution in [1.82, 2.24) is 19.8 Å². The van der Waals surface area contributed by atoms with E-state index in [1.165, 1.54) is 11.1 Å². The summed E-state index contributed by atoms with van der Waals surface area (Å²) < 4.78 is 21.4. The van der Waals surface area contributed by atoms with Crippen LogP contribution in [0, 0.1) is 11.3 Å². The van der Waals surface area contributed by atoms with E-state index in [-0.39, 0.29) is 66.9 Å². The summed E-state index contributed by atoms with van der Waals surface area (Å²) in [5.74, 6) is 0.230. The van der Waals surface area contributed by atoms with Gasteiger partial charge in [-0.15, -0.1) is 0 Å². The van der Waals surface area contributed by atoms with Gasteiger partial charge in [0.15, 0.2) is 6.29 Å². The van der Waals surface area contributed by atoms with Crippen LogP contribution >= 0.6 is 0 Å². The number of hydrogen-bond acceptors (Lipinski definition) is 9. The van der Waals surface area contributed by atoms with Crippen LogP contribution in [0.3, 0.4) is 0 Å². The number of pyridine rings is 2. The standard InChI is InChI=1S/C29H33FN8O4/c1-36-6-7-37(26(40)15-36)14-17-8-20-27(34-23(17)16-39)38(19-10-29(20,30)11-19)28(41)35-25-9-22(18(12-31)13-32-25)33-21-4-3-5-24(21)42-2/h8-9,13,16,19,21,24H,3-7,10-11,14-15H2,1-2H3,(H2,32,33,35,41)/t19?,21-,24+,29?/m1/s1. The summed E-state index contributed by atoms with van der Waals surface area (Å²) in [4.78, 5) is 51.9. The van der Waals surface area contributed by atoms with E-state index < -0.39 is 17.7 Å². The number of methoxy groups -OCH3 is 1. The summed E-state index contributed by atoms with van der Waals surface area (Å²) >= 11 is 0. The molecule has 2 aliphatic carbocycles. The van der Waals surface area contributed by atoms with Crippen LogP contribution in [0.1, 0.15) is 59.3 Å². The van der Waals surface area contributed by atoms with Crippen LogP contribution < -0.4 is 15.5 Å². The number of aromatic nitrogens is 2. The second kappa shape index (κ2) is 10.9. The molecule has 42 heavy (non-hydrogen) atoms. The smallest absolute Gasteiger partial charge is 0.328 e. The van der Waals surface area contributed by atoms with Crippen LogP contribution in [-0.2, 0) is 21.7 Å². The maximum atomic E-state index is 15.9. The number of aldehydes is 1. The van der Waals surface area contributed by atoms with E-state index in [4.69, 9.17) is 4.74 Å². The van der Waals surface area contributed by atoms with E-state index in [2.05, 4.69) is 26.7 Å². The van der Waals surface area contributed by atoms with E-state index in [1.54, 1.807) is 24.1 Å². The second-order valence-corrected chi connectivity index (χ2v) is 11.6. The number of anilines is 3. The van der Waals surface area contributed by atoms with Crippen molar-refractivity contribution < 1.29 is 23.5 Å². The lowest BCUT2D eigenvalue weighted by atomic mass is 9.68. The van der Waals surface area contributed by atoms with E-state index in [0.717, 1.165) is 19.3 Å². The zero-order valence-electron chi connectivity index (χ0n) is 23.6. The van der Waals surface area contributed by atoms with Gasteiger partial charge in [-0.1, -0.05) is 0 Å². The first-order chi connectivity index (χ1) is 20.2. The Morgan fingerprint density at radius 2 is 2.12 bits per heavy atom. The number of nitrogens with one attached hydrogen (secondary N) is 2. The first-order valence-corrected chi connectivity index (χ1v) is 14.2. The molecule has 5 heterocycles. The van der Waals surface area contributed by atoms with Crippen molar-refractivity contribution in [3.8, 4) is 6.07 Å². The predicted octanol–water partition coefficient (Wildman–Crippen LogP) is 2.79. The minimum Gasteiger partial charge on any atom is -0.379 e. The van der Waals surface area contributed by atoms with Gasteiger partial charge in [-0.3, -0.25) is 24.7 Å². The first-order valence-electron chi connectivity index (χ1n) is 14.2.